The van der Waals surface area contributed by atoms with Crippen LogP contribution < -0.4 is 10.2 Å². The highest BCUT2D eigenvalue weighted by Gasteiger charge is 2.18. The molecule has 1 N–H and O–H groups in total. The lowest BCUT2D eigenvalue weighted by Crippen LogP contribution is -2.28. The number of esters is 1. The lowest BCUT2D eigenvalue weighted by molar-refractivity contribution is -0.384. The number of hydrogen-bond donors (Lipinski definition) is 1. The molecule has 0 spiro atoms. The number of thioether (sulfide) groups is 1. The predicted molar refractivity (Wildman–Crippen MR) is 122 cm³/mol. The van der Waals surface area contributed by atoms with Gasteiger partial charge in [-0.2, -0.15) is 11.8 Å². The van der Waals surface area contributed by atoms with Crippen molar-refractivity contribution in [3.8, 4) is 0 Å². The van der Waals surface area contributed by atoms with Gasteiger partial charge in [0.1, 0.15) is 23.9 Å². The molecule has 0 unspecified atom stereocenters. The summed E-state index contributed by atoms with van der Waals surface area (Å²) in [6, 6.07) is 6.84. The Morgan fingerprint density at radius 2 is 2.00 bits per heavy atom. The van der Waals surface area contributed by atoms with E-state index in [-0.39, 0.29) is 24.0 Å². The molecule has 0 atom stereocenters. The van der Waals surface area contributed by atoms with Crippen LogP contribution in [0.2, 0.25) is 0 Å². The second-order valence-corrected chi connectivity index (χ2v) is 8.15. The van der Waals surface area contributed by atoms with Gasteiger partial charge in [-0.3, -0.25) is 14.9 Å². The van der Waals surface area contributed by atoms with Gasteiger partial charge >= 0.3 is 11.7 Å². The molecule has 0 amide bonds. The molecule has 0 saturated heterocycles. The summed E-state index contributed by atoms with van der Waals surface area (Å²) in [6.45, 7) is 3.28. The van der Waals surface area contributed by atoms with Gasteiger partial charge in [0.15, 0.2) is 0 Å². The van der Waals surface area contributed by atoms with Gasteiger partial charge in [0.2, 0.25) is 5.82 Å². The number of rotatable bonds is 13. The van der Waals surface area contributed by atoms with Gasteiger partial charge in [0.25, 0.3) is 0 Å². The van der Waals surface area contributed by atoms with Crippen LogP contribution in [0.25, 0.3) is 0 Å². The van der Waals surface area contributed by atoms with Crippen LogP contribution >= 0.6 is 11.8 Å². The summed E-state index contributed by atoms with van der Waals surface area (Å²) in [5, 5.41) is 14.4. The van der Waals surface area contributed by atoms with E-state index in [4.69, 9.17) is 9.15 Å². The van der Waals surface area contributed by atoms with E-state index in [9.17, 15) is 14.9 Å². The quantitative estimate of drug-likeness (QED) is 0.211. The summed E-state index contributed by atoms with van der Waals surface area (Å²) < 4.78 is 10.7. The van der Waals surface area contributed by atoms with Gasteiger partial charge in [-0.15, -0.1) is 0 Å². The number of carbonyl (C=O) groups is 1. The van der Waals surface area contributed by atoms with E-state index in [0.29, 0.717) is 30.5 Å². The molecule has 2 aromatic rings. The van der Waals surface area contributed by atoms with E-state index in [2.05, 4.69) is 10.3 Å². The molecular formula is C20H29N5O5S. The molecular weight excluding hydrogens is 422 g/mol. The van der Waals surface area contributed by atoms with E-state index in [1.54, 1.807) is 30.6 Å². The van der Waals surface area contributed by atoms with Crippen LogP contribution in [0, 0.1) is 10.1 Å². The average Bonchev–Trinajstić information content (AvgIpc) is 3.14. The first-order chi connectivity index (χ1) is 14.8. The van der Waals surface area contributed by atoms with Crippen molar-refractivity contribution >= 4 is 35.1 Å². The van der Waals surface area contributed by atoms with Crippen LogP contribution in [0.3, 0.4) is 0 Å². The predicted octanol–water partition coefficient (Wildman–Crippen LogP) is 2.99. The Bertz CT molecular complexity index is 873. The smallest absolute Gasteiger partial charge is 0.325 e. The highest BCUT2D eigenvalue weighted by molar-refractivity contribution is 7.98. The third kappa shape index (κ3) is 8.10. The van der Waals surface area contributed by atoms with Crippen molar-refractivity contribution in [3.05, 3.63) is 45.9 Å². The molecule has 0 aliphatic rings. The summed E-state index contributed by atoms with van der Waals surface area (Å²) in [5.74, 6) is 3.47. The third-order valence-electron chi connectivity index (χ3n) is 4.09. The van der Waals surface area contributed by atoms with E-state index in [1.165, 1.54) is 12.1 Å². The van der Waals surface area contributed by atoms with Gasteiger partial charge < -0.3 is 24.3 Å². The molecule has 0 aliphatic carbocycles. The summed E-state index contributed by atoms with van der Waals surface area (Å²) in [7, 11) is 5.65. The van der Waals surface area contributed by atoms with Crippen molar-refractivity contribution in [2.24, 2.45) is 0 Å². The second kappa shape index (κ2) is 12.2. The van der Waals surface area contributed by atoms with Crippen molar-refractivity contribution in [3.63, 3.8) is 0 Å². The zero-order valence-electron chi connectivity index (χ0n) is 18.3. The zero-order valence-corrected chi connectivity index (χ0v) is 19.1. The minimum Gasteiger partial charge on any atom is -0.465 e. The molecule has 0 aliphatic heterocycles. The van der Waals surface area contributed by atoms with Gasteiger partial charge in [0, 0.05) is 25.4 Å². The normalized spacial score (nSPS) is 10.9. The van der Waals surface area contributed by atoms with Crippen LogP contribution in [0.1, 0.15) is 18.4 Å². The first kappa shape index (κ1) is 24.5. The molecule has 0 bridgehead atoms. The number of nitrogens with one attached hydrogen (secondary N) is 1. The number of nitrogens with zero attached hydrogens (tertiary/aromatic N) is 4. The maximum Gasteiger partial charge on any atom is 0.325 e. The van der Waals surface area contributed by atoms with Crippen LogP contribution in [-0.2, 0) is 21.8 Å². The standard InChI is InChI=1S/C20H29N5O5S/c1-5-29-19(26)13-24(4)18-9-8-17(25(27)28)20(22-18)21-10-11-31-14-16-7-6-15(30-16)12-23(2)3/h6-9H,5,10-14H2,1-4H3,(H,21,22). The van der Waals surface area contributed by atoms with Gasteiger partial charge in [0.05, 0.1) is 23.8 Å². The topological polar surface area (TPSA) is 114 Å². The largest absolute Gasteiger partial charge is 0.465 e. The molecule has 2 heterocycles. The van der Waals surface area contributed by atoms with Crippen LogP contribution in [0.4, 0.5) is 17.3 Å². The maximum absolute atomic E-state index is 11.7. The molecule has 10 nitrogen and oxygen atoms in total. The minimum atomic E-state index is -0.479. The van der Waals surface area contributed by atoms with Crippen molar-refractivity contribution in [2.45, 2.75) is 19.2 Å². The monoisotopic (exact) mass is 451 g/mol. The Balaban J connectivity index is 1.89. The van der Waals surface area contributed by atoms with E-state index in [1.807, 2.05) is 31.1 Å². The SMILES string of the molecule is CCOC(=O)CN(C)c1ccc([N+](=O)[O-])c(NCCSCc2ccc(CN(C)C)o2)n1. The summed E-state index contributed by atoms with van der Waals surface area (Å²) in [6.07, 6.45) is 0. The molecule has 0 aromatic carbocycles. The number of pyridine rings is 1. The highest BCUT2D eigenvalue weighted by Crippen LogP contribution is 2.25. The van der Waals surface area contributed by atoms with Gasteiger partial charge in [-0.05, 0) is 39.2 Å². The number of carbonyl (C=O) groups excluding carboxylic acids is 1. The highest BCUT2D eigenvalue weighted by atomic mass is 32.2. The van der Waals surface area contributed by atoms with Gasteiger partial charge in [-0.1, -0.05) is 0 Å². The third-order valence-corrected chi connectivity index (χ3v) is 5.07. The number of ether oxygens (including phenoxy) is 1. The summed E-state index contributed by atoms with van der Waals surface area (Å²) >= 11 is 1.66. The van der Waals surface area contributed by atoms with Crippen molar-refractivity contribution in [1.82, 2.24) is 9.88 Å². The lowest BCUT2D eigenvalue weighted by Gasteiger charge is -2.18. The van der Waals surface area contributed by atoms with Crippen LogP contribution in [-0.4, -0.2) is 67.4 Å². The first-order valence-corrected chi connectivity index (χ1v) is 11.0. The molecule has 0 radical (unpaired) electrons. The van der Waals surface area contributed by atoms with E-state index in [0.717, 1.165) is 18.1 Å². The summed E-state index contributed by atoms with van der Waals surface area (Å²) in [4.78, 5) is 30.5. The minimum absolute atomic E-state index is 0.00685. The number of likely N-dealkylation sites (N-methyl/N-ethyl adjacent to an activating group) is 1. The number of hydrogen-bond acceptors (Lipinski definition) is 10. The molecule has 11 heteroatoms. The number of furan rings is 1. The fraction of sp³-hybridized carbons (Fsp3) is 0.500. The molecule has 31 heavy (non-hydrogen) atoms. The van der Waals surface area contributed by atoms with E-state index < -0.39 is 4.92 Å². The molecule has 0 fully saturated rings. The lowest BCUT2D eigenvalue weighted by atomic mass is 10.3. The van der Waals surface area contributed by atoms with Crippen LogP contribution in [0.5, 0.6) is 0 Å². The van der Waals surface area contributed by atoms with Crippen molar-refractivity contribution in [1.29, 1.82) is 0 Å². The summed E-state index contributed by atoms with van der Waals surface area (Å²) in [5.41, 5.74) is -0.113. The van der Waals surface area contributed by atoms with E-state index >= 15 is 0 Å². The Morgan fingerprint density at radius 3 is 2.68 bits per heavy atom. The maximum atomic E-state index is 11.7. The second-order valence-electron chi connectivity index (χ2n) is 7.04. The number of aromatic nitrogens is 1. The van der Waals surface area contributed by atoms with Gasteiger partial charge in [-0.25, -0.2) is 4.98 Å². The zero-order chi connectivity index (χ0) is 22.8. The Morgan fingerprint density at radius 1 is 1.26 bits per heavy atom. The fourth-order valence-electron chi connectivity index (χ4n) is 2.72. The Kier molecular flexibility index (Phi) is 9.60. The van der Waals surface area contributed by atoms with Crippen molar-refractivity contribution < 1.29 is 18.9 Å². The number of anilines is 2. The average molecular weight is 452 g/mol. The molecule has 0 saturated carbocycles. The molecule has 170 valence electrons. The Labute approximate surface area is 186 Å². The first-order valence-electron chi connectivity index (χ1n) is 9.86. The Hall–Kier alpha value is -2.79. The van der Waals surface area contributed by atoms with Crippen LogP contribution in [0.15, 0.2) is 28.7 Å². The fourth-order valence-corrected chi connectivity index (χ4v) is 3.47. The van der Waals surface area contributed by atoms with Crippen molar-refractivity contribution in [2.75, 3.05) is 56.8 Å². The molecule has 2 aromatic heterocycles. The molecule has 2 rings (SSSR count). The number of nitro groups is 1.